The summed E-state index contributed by atoms with van der Waals surface area (Å²) >= 11 is 0. The van der Waals surface area contributed by atoms with Crippen LogP contribution in [0, 0.1) is 11.2 Å². The molecule has 6 heterocycles. The van der Waals surface area contributed by atoms with E-state index in [1.165, 1.54) is 11.0 Å². The van der Waals surface area contributed by atoms with Crippen LogP contribution in [0.5, 0.6) is 0 Å². The van der Waals surface area contributed by atoms with E-state index in [1.807, 2.05) is 37.5 Å². The monoisotopic (exact) mass is 616 g/mol. The minimum atomic E-state index is -1.05. The second-order valence-corrected chi connectivity index (χ2v) is 13.5. The summed E-state index contributed by atoms with van der Waals surface area (Å²) < 4.78 is 28.4. The molecule has 2 aromatic heterocycles. The van der Waals surface area contributed by atoms with Crippen LogP contribution in [0.1, 0.15) is 67.5 Å². The third-order valence-corrected chi connectivity index (χ3v) is 9.05. The first-order valence-electron chi connectivity index (χ1n) is 15.5. The number of likely N-dealkylation sites (tertiary alicyclic amines) is 1. The smallest absolute Gasteiger partial charge is 0.410 e. The Morgan fingerprint density at radius 3 is 2.58 bits per heavy atom. The van der Waals surface area contributed by atoms with Gasteiger partial charge >= 0.3 is 12.1 Å². The van der Waals surface area contributed by atoms with Crippen molar-refractivity contribution in [3.63, 3.8) is 0 Å². The molecule has 2 fully saturated rings. The third kappa shape index (κ3) is 5.09. The van der Waals surface area contributed by atoms with Crippen LogP contribution in [0.15, 0.2) is 36.8 Å². The second-order valence-electron chi connectivity index (χ2n) is 13.5. The van der Waals surface area contributed by atoms with Crippen molar-refractivity contribution in [1.29, 1.82) is 0 Å². The Kier molecular flexibility index (Phi) is 6.86. The average molecular weight is 617 g/mol. The number of carbonyl (C=O) groups excluding carboxylic acids is 3. The summed E-state index contributed by atoms with van der Waals surface area (Å²) in [4.78, 5) is 53.7. The largest absolute Gasteiger partial charge is 0.464 e. The number of hydrogen-bond donors (Lipinski definition) is 0. The van der Waals surface area contributed by atoms with Gasteiger partial charge in [0.1, 0.15) is 11.4 Å². The summed E-state index contributed by atoms with van der Waals surface area (Å²) in [6.45, 7) is 11.2. The molecule has 4 aliphatic heterocycles. The first-order valence-corrected chi connectivity index (χ1v) is 15.5. The number of anilines is 1. The molecule has 7 rings (SSSR count). The van der Waals surface area contributed by atoms with Crippen molar-refractivity contribution in [2.45, 2.75) is 65.3 Å². The fourth-order valence-corrected chi connectivity index (χ4v) is 6.99. The summed E-state index contributed by atoms with van der Waals surface area (Å²) in [6.07, 6.45) is 4.85. The van der Waals surface area contributed by atoms with Gasteiger partial charge < -0.3 is 28.7 Å². The Labute approximate surface area is 260 Å². The number of amides is 2. The van der Waals surface area contributed by atoms with E-state index in [9.17, 15) is 14.4 Å². The molecule has 0 bridgehead atoms. The molecule has 1 atom stereocenters. The quantitative estimate of drug-likeness (QED) is 0.376. The molecule has 4 aliphatic rings. The molecule has 0 N–H and O–H groups in total. The SMILES string of the molecule is CCOC(=O)C(c1ncn2c1CCC2)N1Cc2c(F)cc(-c3ccc(N4CC5(CN(C(=O)OC(C)(C)C)C5)C4)cn3)cc2C1=O. The van der Waals surface area contributed by atoms with Gasteiger partial charge in [-0.05, 0) is 64.8 Å². The van der Waals surface area contributed by atoms with Crippen LogP contribution in [0.2, 0.25) is 0 Å². The maximum Gasteiger partial charge on any atom is 0.410 e. The topological polar surface area (TPSA) is 110 Å². The fraction of sp³-hybridized carbons (Fsp3) is 0.485. The van der Waals surface area contributed by atoms with Crippen molar-refractivity contribution in [2.24, 2.45) is 5.41 Å². The highest BCUT2D eigenvalue weighted by molar-refractivity contribution is 6.01. The van der Waals surface area contributed by atoms with Crippen molar-refractivity contribution < 1.29 is 28.2 Å². The number of nitrogens with zero attached hydrogens (tertiary/aromatic N) is 6. The van der Waals surface area contributed by atoms with E-state index in [2.05, 4.69) is 14.9 Å². The highest BCUT2D eigenvalue weighted by Gasteiger charge is 2.54. The number of imidazole rings is 1. The molecule has 0 aliphatic carbocycles. The van der Waals surface area contributed by atoms with Gasteiger partial charge in [0.05, 0.1) is 42.8 Å². The van der Waals surface area contributed by atoms with E-state index in [4.69, 9.17) is 9.47 Å². The number of aryl methyl sites for hydroxylation is 1. The number of rotatable bonds is 6. The minimum absolute atomic E-state index is 0.0511. The molecule has 0 radical (unpaired) electrons. The molecule has 12 heteroatoms. The number of ether oxygens (including phenoxy) is 2. The molecule has 11 nitrogen and oxygen atoms in total. The summed E-state index contributed by atoms with van der Waals surface area (Å²) in [7, 11) is 0. The van der Waals surface area contributed by atoms with Gasteiger partial charge in [-0.2, -0.15) is 0 Å². The lowest BCUT2D eigenvalue weighted by molar-refractivity contribution is -0.149. The summed E-state index contributed by atoms with van der Waals surface area (Å²) in [5, 5.41) is 0. The Morgan fingerprint density at radius 2 is 1.89 bits per heavy atom. The van der Waals surface area contributed by atoms with Gasteiger partial charge in [-0.25, -0.2) is 19.0 Å². The molecule has 0 saturated carbocycles. The first-order chi connectivity index (χ1) is 21.4. The van der Waals surface area contributed by atoms with E-state index >= 15 is 4.39 Å². The number of esters is 1. The maximum atomic E-state index is 15.6. The van der Waals surface area contributed by atoms with E-state index < -0.39 is 29.3 Å². The third-order valence-electron chi connectivity index (χ3n) is 9.05. The molecule has 45 heavy (non-hydrogen) atoms. The standard InChI is InChI=1S/C33H37FN6O5/c1-5-44-30(42)28(27-26-7-6-10-37(26)19-36-27)40-14-23-22(29(40)41)11-20(12-24(23)34)25-9-8-21(13-35-25)38-15-33(16-38)17-39(18-33)31(43)45-32(2,3)4/h8-9,11-13,19,28H,5-7,10,14-18H2,1-4H3. The molecule has 2 saturated heterocycles. The Hall–Kier alpha value is -4.48. The van der Waals surface area contributed by atoms with E-state index in [-0.39, 0.29) is 35.8 Å². The van der Waals surface area contributed by atoms with Crippen molar-refractivity contribution in [2.75, 3.05) is 37.7 Å². The van der Waals surface area contributed by atoms with Gasteiger partial charge in [-0.1, -0.05) is 0 Å². The van der Waals surface area contributed by atoms with E-state index in [1.54, 1.807) is 30.4 Å². The molecular formula is C33H37FN6O5. The van der Waals surface area contributed by atoms with E-state index in [0.29, 0.717) is 30.0 Å². The van der Waals surface area contributed by atoms with Crippen LogP contribution in [-0.4, -0.2) is 80.7 Å². The summed E-state index contributed by atoms with van der Waals surface area (Å²) in [5.74, 6) is -1.53. The highest BCUT2D eigenvalue weighted by Crippen LogP contribution is 2.43. The fourth-order valence-electron chi connectivity index (χ4n) is 6.99. The lowest BCUT2D eigenvalue weighted by atomic mass is 9.73. The molecule has 2 amide bonds. The van der Waals surface area contributed by atoms with Gasteiger partial charge in [0.15, 0.2) is 6.04 Å². The molecule has 1 unspecified atom stereocenters. The summed E-state index contributed by atoms with van der Waals surface area (Å²) in [6, 6.07) is 5.76. The van der Waals surface area contributed by atoms with Gasteiger partial charge in [-0.3, -0.25) is 9.78 Å². The van der Waals surface area contributed by atoms with Gasteiger partial charge in [0, 0.05) is 60.5 Å². The van der Waals surface area contributed by atoms with Gasteiger partial charge in [0.2, 0.25) is 0 Å². The molecular weight excluding hydrogens is 579 g/mol. The first kappa shape index (κ1) is 29.2. The number of aromatic nitrogens is 3. The average Bonchev–Trinajstić information content (AvgIpc) is 3.64. The maximum absolute atomic E-state index is 15.6. The second kappa shape index (κ2) is 10.6. The molecule has 3 aromatic rings. The molecule has 1 spiro atoms. The lowest BCUT2D eigenvalue weighted by Crippen LogP contribution is -2.73. The summed E-state index contributed by atoms with van der Waals surface area (Å²) in [5.41, 5.74) is 3.38. The number of benzene rings is 1. The number of pyridine rings is 1. The van der Waals surface area contributed by atoms with Crippen LogP contribution in [0.3, 0.4) is 0 Å². The lowest BCUT2D eigenvalue weighted by Gasteiger charge is -2.60. The van der Waals surface area contributed by atoms with Crippen LogP contribution in [0.25, 0.3) is 11.3 Å². The number of halogens is 1. The van der Waals surface area contributed by atoms with Crippen LogP contribution >= 0.6 is 0 Å². The van der Waals surface area contributed by atoms with Crippen molar-refractivity contribution in [3.05, 3.63) is 65.1 Å². The highest BCUT2D eigenvalue weighted by atomic mass is 19.1. The van der Waals surface area contributed by atoms with Crippen molar-refractivity contribution in [3.8, 4) is 11.3 Å². The predicted molar refractivity (Wildman–Crippen MR) is 162 cm³/mol. The normalized spacial score (nSPS) is 18.8. The van der Waals surface area contributed by atoms with E-state index in [0.717, 1.165) is 43.9 Å². The molecule has 236 valence electrons. The van der Waals surface area contributed by atoms with Gasteiger partial charge in [0.25, 0.3) is 5.91 Å². The zero-order valence-corrected chi connectivity index (χ0v) is 26.0. The van der Waals surface area contributed by atoms with Crippen molar-refractivity contribution >= 4 is 23.7 Å². The number of fused-ring (bicyclic) bond motifs is 2. The minimum Gasteiger partial charge on any atom is -0.464 e. The Bertz CT molecular complexity index is 1680. The zero-order valence-electron chi connectivity index (χ0n) is 26.0. The molecule has 1 aromatic carbocycles. The number of carbonyl (C=O) groups is 3. The predicted octanol–water partition coefficient (Wildman–Crippen LogP) is 4.35. The Morgan fingerprint density at radius 1 is 1.11 bits per heavy atom. The van der Waals surface area contributed by atoms with Gasteiger partial charge in [-0.15, -0.1) is 0 Å². The van der Waals surface area contributed by atoms with Crippen molar-refractivity contribution in [1.82, 2.24) is 24.3 Å². The zero-order chi connectivity index (χ0) is 31.7. The van der Waals surface area contributed by atoms with Crippen LogP contribution < -0.4 is 4.90 Å². The van der Waals surface area contributed by atoms with Crippen LogP contribution in [0.4, 0.5) is 14.9 Å². The van der Waals surface area contributed by atoms with Crippen LogP contribution in [-0.2, 0) is 33.8 Å². The number of hydrogen-bond acceptors (Lipinski definition) is 8. The Balaban J connectivity index is 1.05.